The topological polar surface area (TPSA) is 50.8 Å². The second-order valence-corrected chi connectivity index (χ2v) is 6.99. The summed E-state index contributed by atoms with van der Waals surface area (Å²) >= 11 is 0. The number of nitrogens with zero attached hydrogens (tertiary/aromatic N) is 1. The van der Waals surface area contributed by atoms with Gasteiger partial charge in [0.1, 0.15) is 30.6 Å². The number of ether oxygens (including phenoxy) is 2. The molecule has 1 saturated heterocycles. The van der Waals surface area contributed by atoms with E-state index in [0.29, 0.717) is 24.4 Å². The number of benzene rings is 2. The third kappa shape index (κ3) is 4.98. The van der Waals surface area contributed by atoms with Crippen molar-refractivity contribution < 1.29 is 23.0 Å². The van der Waals surface area contributed by atoms with Crippen LogP contribution in [0.2, 0.25) is 0 Å². The Morgan fingerprint density at radius 2 is 1.86 bits per heavy atom. The second kappa shape index (κ2) is 9.01. The van der Waals surface area contributed by atoms with E-state index in [4.69, 9.17) is 9.47 Å². The van der Waals surface area contributed by atoms with Crippen molar-refractivity contribution in [1.29, 1.82) is 0 Å². The molecule has 2 aromatic rings. The lowest BCUT2D eigenvalue weighted by Gasteiger charge is -2.38. The Kier molecular flexibility index (Phi) is 6.46. The normalized spacial score (nSPS) is 19.4. The van der Waals surface area contributed by atoms with E-state index in [9.17, 15) is 13.6 Å². The van der Waals surface area contributed by atoms with Gasteiger partial charge in [0.05, 0.1) is 0 Å². The van der Waals surface area contributed by atoms with Crippen LogP contribution in [0, 0.1) is 11.6 Å². The molecule has 0 spiro atoms. The Morgan fingerprint density at radius 1 is 1.11 bits per heavy atom. The number of carbonyl (C=O) groups excluding carboxylic acids is 1. The molecule has 0 unspecified atom stereocenters. The predicted octanol–water partition coefficient (Wildman–Crippen LogP) is 3.86. The average Bonchev–Trinajstić information content (AvgIpc) is 2.66. The van der Waals surface area contributed by atoms with Crippen LogP contribution in [0.1, 0.15) is 25.0 Å². The molecular weight excluding hydrogens is 366 g/mol. The molecule has 150 valence electrons. The number of amides is 1. The van der Waals surface area contributed by atoms with Gasteiger partial charge < -0.3 is 19.7 Å². The molecule has 5 nitrogen and oxygen atoms in total. The zero-order chi connectivity index (χ0) is 20.1. The minimum absolute atomic E-state index is 0.00188. The van der Waals surface area contributed by atoms with E-state index in [1.54, 1.807) is 17.0 Å². The molecule has 0 bridgehead atoms. The van der Waals surface area contributed by atoms with Crippen molar-refractivity contribution in [2.75, 3.05) is 13.1 Å². The van der Waals surface area contributed by atoms with Gasteiger partial charge in [-0.3, -0.25) is 0 Å². The van der Waals surface area contributed by atoms with E-state index < -0.39 is 11.9 Å². The third-order valence-corrected chi connectivity index (χ3v) is 4.70. The van der Waals surface area contributed by atoms with Gasteiger partial charge in [-0.15, -0.1) is 0 Å². The van der Waals surface area contributed by atoms with E-state index in [0.717, 1.165) is 0 Å². The molecule has 1 aliphatic rings. The maximum absolute atomic E-state index is 14.1. The molecule has 1 N–H and O–H groups in total. The van der Waals surface area contributed by atoms with Gasteiger partial charge in [-0.1, -0.05) is 12.1 Å². The maximum atomic E-state index is 14.1. The fourth-order valence-corrected chi connectivity index (χ4v) is 3.25. The number of hydrogen-bond donors (Lipinski definition) is 1. The van der Waals surface area contributed by atoms with Crippen LogP contribution in [-0.4, -0.2) is 36.2 Å². The van der Waals surface area contributed by atoms with E-state index >= 15 is 0 Å². The Hall–Kier alpha value is -2.67. The van der Waals surface area contributed by atoms with Crippen LogP contribution in [-0.2, 0) is 18.0 Å². The molecule has 3 rings (SSSR count). The molecule has 1 heterocycles. The molecule has 1 fully saturated rings. The number of hydrogen-bond acceptors (Lipinski definition) is 4. The van der Waals surface area contributed by atoms with E-state index in [1.165, 1.54) is 30.3 Å². The smallest absolute Gasteiger partial charge is 0.410 e. The molecule has 0 saturated carbocycles. The van der Waals surface area contributed by atoms with Crippen molar-refractivity contribution >= 4 is 6.09 Å². The van der Waals surface area contributed by atoms with E-state index in [-0.39, 0.29) is 36.7 Å². The molecule has 2 atom stereocenters. The Morgan fingerprint density at radius 3 is 2.57 bits per heavy atom. The van der Waals surface area contributed by atoms with Gasteiger partial charge in [0.25, 0.3) is 0 Å². The number of rotatable bonds is 5. The van der Waals surface area contributed by atoms with Crippen LogP contribution in [0.4, 0.5) is 13.6 Å². The number of piperazine rings is 1. The largest absolute Gasteiger partial charge is 0.489 e. The fraction of sp³-hybridized carbons (Fsp3) is 0.381. The van der Waals surface area contributed by atoms with Crippen LogP contribution < -0.4 is 10.1 Å². The van der Waals surface area contributed by atoms with Crippen LogP contribution in [0.25, 0.3) is 0 Å². The van der Waals surface area contributed by atoms with Crippen LogP contribution in [0.3, 0.4) is 0 Å². The lowest BCUT2D eigenvalue weighted by atomic mass is 10.1. The highest BCUT2D eigenvalue weighted by molar-refractivity contribution is 5.68. The predicted molar refractivity (Wildman–Crippen MR) is 101 cm³/mol. The number of carbonyl (C=O) groups is 1. The van der Waals surface area contributed by atoms with E-state index in [2.05, 4.69) is 5.32 Å². The van der Waals surface area contributed by atoms with Gasteiger partial charge in [-0.05, 0) is 49.7 Å². The number of nitrogens with one attached hydrogen (secondary N) is 1. The van der Waals surface area contributed by atoms with Gasteiger partial charge >= 0.3 is 6.09 Å². The van der Waals surface area contributed by atoms with Crippen molar-refractivity contribution in [3.63, 3.8) is 0 Å². The highest BCUT2D eigenvalue weighted by Crippen LogP contribution is 2.20. The summed E-state index contributed by atoms with van der Waals surface area (Å²) in [5, 5.41) is 3.24. The highest BCUT2D eigenvalue weighted by atomic mass is 19.1. The van der Waals surface area contributed by atoms with Gasteiger partial charge in [0, 0.05) is 30.7 Å². The monoisotopic (exact) mass is 390 g/mol. The summed E-state index contributed by atoms with van der Waals surface area (Å²) in [6.07, 6.45) is -0.466. The van der Waals surface area contributed by atoms with Crippen LogP contribution >= 0.6 is 0 Å². The van der Waals surface area contributed by atoms with Gasteiger partial charge in [0.2, 0.25) is 0 Å². The first-order chi connectivity index (χ1) is 13.4. The Labute approximate surface area is 163 Å². The van der Waals surface area contributed by atoms with Gasteiger partial charge in [0.15, 0.2) is 0 Å². The fourth-order valence-electron chi connectivity index (χ4n) is 3.25. The lowest BCUT2D eigenvalue weighted by Crippen LogP contribution is -2.57. The van der Waals surface area contributed by atoms with Crippen LogP contribution in [0.15, 0.2) is 42.5 Å². The first-order valence-corrected chi connectivity index (χ1v) is 9.25. The van der Waals surface area contributed by atoms with Crippen molar-refractivity contribution in [2.24, 2.45) is 0 Å². The van der Waals surface area contributed by atoms with Crippen molar-refractivity contribution in [3.8, 4) is 5.75 Å². The SMILES string of the molecule is C[C@@H]1CNC[C@H](C)N1C(=O)OCc1cc(OCc2cccc(F)c2)ccc1F. The van der Waals surface area contributed by atoms with Gasteiger partial charge in [-0.2, -0.15) is 0 Å². The zero-order valence-corrected chi connectivity index (χ0v) is 16.0. The molecule has 1 aliphatic heterocycles. The first-order valence-electron chi connectivity index (χ1n) is 9.25. The molecule has 2 aromatic carbocycles. The molecule has 28 heavy (non-hydrogen) atoms. The molecule has 1 amide bonds. The van der Waals surface area contributed by atoms with Gasteiger partial charge in [-0.25, -0.2) is 13.6 Å². The summed E-state index contributed by atoms with van der Waals surface area (Å²) in [7, 11) is 0. The minimum Gasteiger partial charge on any atom is -0.489 e. The number of halogens is 2. The molecule has 0 aliphatic carbocycles. The summed E-state index contributed by atoms with van der Waals surface area (Å²) in [6, 6.07) is 10.3. The average molecular weight is 390 g/mol. The summed E-state index contributed by atoms with van der Waals surface area (Å²) in [4.78, 5) is 14.1. The summed E-state index contributed by atoms with van der Waals surface area (Å²) < 4.78 is 38.3. The molecule has 7 heteroatoms. The van der Waals surface area contributed by atoms with Crippen molar-refractivity contribution in [2.45, 2.75) is 39.1 Å². The second-order valence-electron chi connectivity index (χ2n) is 6.99. The summed E-state index contributed by atoms with van der Waals surface area (Å²) in [5.74, 6) is -0.405. The minimum atomic E-state index is -0.479. The van der Waals surface area contributed by atoms with Crippen LogP contribution in [0.5, 0.6) is 5.75 Å². The maximum Gasteiger partial charge on any atom is 0.410 e. The first kappa shape index (κ1) is 20.1. The highest BCUT2D eigenvalue weighted by Gasteiger charge is 2.30. The zero-order valence-electron chi connectivity index (χ0n) is 16.0. The molecular formula is C21H24F2N2O3. The standard InChI is InChI=1S/C21H24F2N2O3/c1-14-10-24-11-15(2)25(14)21(26)28-13-17-9-19(6-7-20(17)23)27-12-16-4-3-5-18(22)8-16/h3-9,14-15,24H,10-13H2,1-2H3/t14-,15+. The quantitative estimate of drug-likeness (QED) is 0.842. The van der Waals surface area contributed by atoms with E-state index in [1.807, 2.05) is 13.8 Å². The molecule has 0 radical (unpaired) electrons. The lowest BCUT2D eigenvalue weighted by molar-refractivity contribution is 0.0557. The Bertz CT molecular complexity index is 821. The summed E-state index contributed by atoms with van der Waals surface area (Å²) in [5.41, 5.74) is 0.888. The van der Waals surface area contributed by atoms with Crippen molar-refractivity contribution in [1.82, 2.24) is 10.2 Å². The summed E-state index contributed by atoms with van der Waals surface area (Å²) in [6.45, 7) is 5.22. The van der Waals surface area contributed by atoms with Crippen molar-refractivity contribution in [3.05, 3.63) is 65.2 Å². The Balaban J connectivity index is 1.60. The third-order valence-electron chi connectivity index (χ3n) is 4.70. The molecule has 0 aromatic heterocycles.